The molecule has 24 heavy (non-hydrogen) atoms. The largest absolute Gasteiger partial charge is 0.478 e. The van der Waals surface area contributed by atoms with Crippen LogP contribution in [0.1, 0.15) is 38.5 Å². The number of nitrogens with zero attached hydrogens (tertiary/aromatic N) is 2. The predicted molar refractivity (Wildman–Crippen MR) is 92.9 cm³/mol. The van der Waals surface area contributed by atoms with Crippen molar-refractivity contribution in [2.45, 2.75) is 12.2 Å². The Hall–Kier alpha value is -2.67. The fraction of sp³-hybridized carbons (Fsp3) is 0.176. The van der Waals surface area contributed by atoms with Crippen molar-refractivity contribution in [3.8, 4) is 0 Å². The lowest BCUT2D eigenvalue weighted by Gasteiger charge is -2.08. The number of hydrogen-bond acceptors (Lipinski definition) is 5. The zero-order valence-electron chi connectivity index (χ0n) is 13.1. The van der Waals surface area contributed by atoms with E-state index in [2.05, 4.69) is 17.2 Å². The number of aromatic carboxylic acids is 2. The molecule has 0 radical (unpaired) electrons. The van der Waals surface area contributed by atoms with Gasteiger partial charge in [0.1, 0.15) is 0 Å². The van der Waals surface area contributed by atoms with Gasteiger partial charge >= 0.3 is 11.9 Å². The van der Waals surface area contributed by atoms with Crippen molar-refractivity contribution in [2.24, 2.45) is 10.2 Å². The van der Waals surface area contributed by atoms with Gasteiger partial charge in [0.15, 0.2) is 0 Å². The summed E-state index contributed by atoms with van der Waals surface area (Å²) in [5, 5.41) is 26.5. The third-order valence-corrected chi connectivity index (χ3v) is 4.37. The maximum Gasteiger partial charge on any atom is 0.335 e. The molecule has 0 bridgehead atoms. The van der Waals surface area contributed by atoms with E-state index in [0.29, 0.717) is 10.9 Å². The van der Waals surface area contributed by atoms with Crippen LogP contribution in [0.25, 0.3) is 0 Å². The first-order valence-electron chi connectivity index (χ1n) is 7.07. The van der Waals surface area contributed by atoms with Crippen LogP contribution < -0.4 is 0 Å². The Bertz CT molecular complexity index is 773. The van der Waals surface area contributed by atoms with Gasteiger partial charge in [0.25, 0.3) is 0 Å². The lowest BCUT2D eigenvalue weighted by Crippen LogP contribution is -2.01. The number of hydrogen-bond donors (Lipinski definition) is 2. The highest BCUT2D eigenvalue weighted by molar-refractivity contribution is 7.98. The lowest BCUT2D eigenvalue weighted by atomic mass is 10.1. The highest BCUT2D eigenvalue weighted by Gasteiger charge is 2.11. The summed E-state index contributed by atoms with van der Waals surface area (Å²) in [6.45, 7) is 2.08. The van der Waals surface area contributed by atoms with Crippen molar-refractivity contribution in [3.05, 3.63) is 59.2 Å². The van der Waals surface area contributed by atoms with Gasteiger partial charge < -0.3 is 10.2 Å². The normalized spacial score (nSPS) is 12.2. The van der Waals surface area contributed by atoms with Gasteiger partial charge in [-0.25, -0.2) is 9.59 Å². The first-order chi connectivity index (χ1) is 11.4. The van der Waals surface area contributed by atoms with E-state index >= 15 is 0 Å². The second-order valence-corrected chi connectivity index (χ2v) is 6.23. The average Bonchev–Trinajstić information content (AvgIpc) is 2.59. The molecule has 0 amide bonds. The van der Waals surface area contributed by atoms with Crippen LogP contribution in [0.5, 0.6) is 0 Å². The molecule has 2 rings (SSSR count). The molecule has 2 aromatic carbocycles. The minimum Gasteiger partial charge on any atom is -0.478 e. The van der Waals surface area contributed by atoms with E-state index in [4.69, 9.17) is 10.2 Å². The van der Waals surface area contributed by atoms with E-state index in [1.807, 2.05) is 24.5 Å². The highest BCUT2D eigenvalue weighted by Crippen LogP contribution is 2.29. The van der Waals surface area contributed by atoms with Gasteiger partial charge in [-0.2, -0.15) is 22.0 Å². The second kappa shape index (κ2) is 7.74. The number of carboxylic acid groups (broad SMARTS) is 2. The first kappa shape index (κ1) is 17.7. The van der Waals surface area contributed by atoms with E-state index in [-0.39, 0.29) is 16.8 Å². The molecular formula is C17H16N2O4S. The summed E-state index contributed by atoms with van der Waals surface area (Å²) in [7, 11) is 0. The molecule has 6 nitrogen and oxygen atoms in total. The molecule has 124 valence electrons. The zero-order valence-corrected chi connectivity index (χ0v) is 13.9. The van der Waals surface area contributed by atoms with Crippen molar-refractivity contribution >= 4 is 35.1 Å². The summed E-state index contributed by atoms with van der Waals surface area (Å²) in [6, 6.07) is 11.2. The van der Waals surface area contributed by atoms with Crippen LogP contribution in [0.3, 0.4) is 0 Å². The van der Waals surface area contributed by atoms with Crippen molar-refractivity contribution in [1.29, 1.82) is 0 Å². The molecule has 0 saturated heterocycles. The Morgan fingerprint density at radius 2 is 1.54 bits per heavy atom. The summed E-state index contributed by atoms with van der Waals surface area (Å²) in [6.07, 6.45) is 2.02. The van der Waals surface area contributed by atoms with E-state index in [9.17, 15) is 9.59 Å². The number of azo groups is 1. The molecule has 0 heterocycles. The molecule has 1 unspecified atom stereocenters. The van der Waals surface area contributed by atoms with Crippen molar-refractivity contribution in [2.75, 3.05) is 6.26 Å². The van der Waals surface area contributed by atoms with E-state index < -0.39 is 11.9 Å². The average molecular weight is 344 g/mol. The molecule has 0 aliphatic carbocycles. The number of rotatable bonds is 6. The Kier molecular flexibility index (Phi) is 5.70. The van der Waals surface area contributed by atoms with Gasteiger partial charge in [-0.05, 0) is 49.1 Å². The zero-order chi connectivity index (χ0) is 17.7. The van der Waals surface area contributed by atoms with Gasteiger partial charge in [0.05, 0.1) is 22.5 Å². The monoisotopic (exact) mass is 344 g/mol. The van der Waals surface area contributed by atoms with Gasteiger partial charge in [0.2, 0.25) is 0 Å². The number of carboxylic acids is 2. The molecule has 1 atom stereocenters. The highest BCUT2D eigenvalue weighted by atomic mass is 32.2. The lowest BCUT2D eigenvalue weighted by molar-refractivity contribution is 0.0696. The molecule has 2 N–H and O–H groups in total. The quantitative estimate of drug-likeness (QED) is 0.724. The number of carbonyl (C=O) groups is 2. The molecule has 2 aromatic rings. The first-order valence-corrected chi connectivity index (χ1v) is 8.35. The molecular weight excluding hydrogens is 328 g/mol. The van der Waals surface area contributed by atoms with Gasteiger partial charge in [-0.1, -0.05) is 12.1 Å². The summed E-state index contributed by atoms with van der Waals surface area (Å²) >= 11 is 1.71. The fourth-order valence-corrected chi connectivity index (χ4v) is 2.43. The van der Waals surface area contributed by atoms with Crippen LogP contribution in [0.2, 0.25) is 0 Å². The summed E-state index contributed by atoms with van der Waals surface area (Å²) in [5.41, 5.74) is 1.60. The number of thioether (sulfide) groups is 1. The summed E-state index contributed by atoms with van der Waals surface area (Å²) in [5.74, 6) is -2.43. The SMILES string of the molecule is CSC(C)c1cccc(/N=N/c2cc(C(=O)O)cc(C(=O)O)c2)c1. The second-order valence-electron chi connectivity index (χ2n) is 5.05. The van der Waals surface area contributed by atoms with Crippen LogP contribution in [0, 0.1) is 0 Å². The van der Waals surface area contributed by atoms with Crippen LogP contribution in [-0.4, -0.2) is 28.4 Å². The van der Waals surface area contributed by atoms with Crippen molar-refractivity contribution in [3.63, 3.8) is 0 Å². The van der Waals surface area contributed by atoms with Gasteiger partial charge in [-0.3, -0.25) is 0 Å². The van der Waals surface area contributed by atoms with Crippen molar-refractivity contribution in [1.82, 2.24) is 0 Å². The van der Waals surface area contributed by atoms with Crippen LogP contribution in [-0.2, 0) is 0 Å². The molecule has 0 aliphatic heterocycles. The van der Waals surface area contributed by atoms with Crippen LogP contribution in [0.15, 0.2) is 52.7 Å². The Morgan fingerprint density at radius 1 is 0.958 bits per heavy atom. The fourth-order valence-electron chi connectivity index (χ4n) is 2.01. The molecule has 0 saturated carbocycles. The van der Waals surface area contributed by atoms with E-state index in [1.54, 1.807) is 17.8 Å². The third kappa shape index (κ3) is 4.42. The summed E-state index contributed by atoms with van der Waals surface area (Å²) < 4.78 is 0. The minimum absolute atomic E-state index is 0.145. The predicted octanol–water partition coefficient (Wildman–Crippen LogP) is 4.92. The van der Waals surface area contributed by atoms with Crippen LogP contribution in [0.4, 0.5) is 11.4 Å². The van der Waals surface area contributed by atoms with E-state index in [1.165, 1.54) is 12.1 Å². The molecule has 0 aliphatic rings. The Labute approximate surface area is 143 Å². The minimum atomic E-state index is -1.22. The third-order valence-electron chi connectivity index (χ3n) is 3.39. The maximum atomic E-state index is 11.1. The maximum absolute atomic E-state index is 11.1. The van der Waals surface area contributed by atoms with Gasteiger partial charge in [-0.15, -0.1) is 0 Å². The van der Waals surface area contributed by atoms with Gasteiger partial charge in [0, 0.05) is 5.25 Å². The number of benzene rings is 2. The Morgan fingerprint density at radius 3 is 2.08 bits per heavy atom. The molecule has 0 spiro atoms. The molecule has 0 fully saturated rings. The van der Waals surface area contributed by atoms with Crippen molar-refractivity contribution < 1.29 is 19.8 Å². The smallest absolute Gasteiger partial charge is 0.335 e. The molecule has 0 aromatic heterocycles. The molecule has 7 heteroatoms. The Balaban J connectivity index is 2.35. The van der Waals surface area contributed by atoms with Crippen LogP contribution >= 0.6 is 11.8 Å². The standard InChI is InChI=1S/C17H16N2O4S/c1-10(24-2)11-4-3-5-14(7-11)18-19-15-8-12(16(20)21)6-13(9-15)17(22)23/h3-10H,1-2H3,(H,20,21)(H,22,23)/b19-18+. The topological polar surface area (TPSA) is 99.3 Å². The summed E-state index contributed by atoms with van der Waals surface area (Å²) in [4.78, 5) is 22.2. The van der Waals surface area contributed by atoms with E-state index in [0.717, 1.165) is 11.6 Å².